The van der Waals surface area contributed by atoms with Crippen LogP contribution in [0.1, 0.15) is 87.9 Å². The Bertz CT molecular complexity index is 1340. The summed E-state index contributed by atoms with van der Waals surface area (Å²) in [5.74, 6) is -4.74. The average Bonchev–Trinajstić information content (AvgIpc) is 2.98. The Morgan fingerprint density at radius 3 is 1.20 bits per heavy atom. The molecule has 0 aromatic heterocycles. The molecule has 0 fully saturated rings. The summed E-state index contributed by atoms with van der Waals surface area (Å²) in [6.07, 6.45) is 2.72. The van der Waals surface area contributed by atoms with Gasteiger partial charge in [0.2, 0.25) is 0 Å². The summed E-state index contributed by atoms with van der Waals surface area (Å²) in [5, 5.41) is -1.52. The van der Waals surface area contributed by atoms with Gasteiger partial charge in [0, 0.05) is 0 Å². The third kappa shape index (κ3) is 11.1. The zero-order valence-electron chi connectivity index (χ0n) is 26.2. The van der Waals surface area contributed by atoms with Crippen LogP contribution in [0.2, 0.25) is 30.1 Å². The topological polar surface area (TPSA) is 105 Å². The summed E-state index contributed by atoms with van der Waals surface area (Å²) in [6, 6.07) is 2.23. The van der Waals surface area contributed by atoms with Gasteiger partial charge in [-0.3, -0.25) is 0 Å². The first-order valence-electron chi connectivity index (χ1n) is 14.6. The molecule has 2 aromatic rings. The van der Waals surface area contributed by atoms with Crippen LogP contribution in [0, 0.1) is 23.7 Å². The Labute approximate surface area is 299 Å². The lowest BCUT2D eigenvalue weighted by molar-refractivity contribution is -0.156. The molecule has 0 heterocycles. The second-order valence-corrected chi connectivity index (χ2v) is 13.9. The maximum absolute atomic E-state index is 13.0. The molecule has 2 aromatic carbocycles. The molecule has 46 heavy (non-hydrogen) atoms. The van der Waals surface area contributed by atoms with Gasteiger partial charge in [-0.25, -0.2) is 19.2 Å². The van der Waals surface area contributed by atoms with Crippen LogP contribution in [0.3, 0.4) is 0 Å². The molecule has 0 aliphatic heterocycles. The van der Waals surface area contributed by atoms with E-state index in [0.717, 1.165) is 25.0 Å². The molecule has 0 aliphatic carbocycles. The second-order valence-electron chi connectivity index (χ2n) is 11.5. The maximum atomic E-state index is 13.0. The van der Waals surface area contributed by atoms with Gasteiger partial charge in [0.1, 0.15) is 11.1 Å². The number of esters is 4. The Morgan fingerprint density at radius 2 is 0.891 bits per heavy atom. The fourth-order valence-electron chi connectivity index (χ4n) is 3.94. The minimum atomic E-state index is -1.65. The van der Waals surface area contributed by atoms with Crippen molar-refractivity contribution >= 4 is 93.5 Å². The Hall–Kier alpha value is -1.94. The lowest BCUT2D eigenvalue weighted by atomic mass is 9.93. The van der Waals surface area contributed by atoms with Crippen LogP contribution in [-0.2, 0) is 19.1 Å². The molecule has 0 saturated heterocycles. The Kier molecular flexibility index (Phi) is 16.2. The number of hydrogen-bond acceptors (Lipinski definition) is 8. The van der Waals surface area contributed by atoms with E-state index in [4.69, 9.17) is 88.6 Å². The van der Waals surface area contributed by atoms with Crippen molar-refractivity contribution in [1.29, 1.82) is 0 Å². The van der Waals surface area contributed by atoms with Crippen molar-refractivity contribution in [3.63, 3.8) is 0 Å². The first-order chi connectivity index (χ1) is 21.5. The fourth-order valence-corrected chi connectivity index (χ4v) is 5.38. The van der Waals surface area contributed by atoms with Crippen LogP contribution in [0.25, 0.3) is 0 Å². The van der Waals surface area contributed by atoms with E-state index in [0.29, 0.717) is 36.5 Å². The van der Waals surface area contributed by atoms with Crippen molar-refractivity contribution in [3.8, 4) is 11.5 Å². The molecule has 0 radical (unpaired) electrons. The van der Waals surface area contributed by atoms with Gasteiger partial charge in [-0.05, 0) is 61.5 Å². The van der Waals surface area contributed by atoms with E-state index in [1.807, 2.05) is 0 Å². The highest BCUT2D eigenvalue weighted by atomic mass is 35.5. The Balaban J connectivity index is 2.27. The van der Waals surface area contributed by atoms with Gasteiger partial charge in [0.05, 0.1) is 43.3 Å². The molecule has 2 unspecified atom stereocenters. The van der Waals surface area contributed by atoms with Crippen molar-refractivity contribution < 1.29 is 38.1 Å². The monoisotopic (exact) mass is 758 g/mol. The summed E-state index contributed by atoms with van der Waals surface area (Å²) < 4.78 is 21.0. The molecule has 0 bridgehead atoms. The number of carbonyl (C=O) groups is 4. The summed E-state index contributed by atoms with van der Waals surface area (Å²) in [7, 11) is 0. The van der Waals surface area contributed by atoms with Gasteiger partial charge in [0.15, 0.2) is 11.5 Å². The zero-order chi connectivity index (χ0) is 34.9. The minimum absolute atomic E-state index is 0.0389. The van der Waals surface area contributed by atoms with Gasteiger partial charge < -0.3 is 18.9 Å². The molecule has 14 heteroatoms. The van der Waals surface area contributed by atoms with E-state index in [-0.39, 0.29) is 43.3 Å². The highest BCUT2D eigenvalue weighted by Crippen LogP contribution is 2.42. The SMILES string of the molecule is CC(C)C(C)CCCOC(=O)c1c(Cl)c(Cl)cc(Cl)c1OC(=O)C(=O)Oc1c(Cl)cc(Cl)c(Cl)c1C(=O)OCCCC(C)C(C)C. The highest BCUT2D eigenvalue weighted by molar-refractivity contribution is 6.47. The van der Waals surface area contributed by atoms with E-state index < -0.39 is 46.5 Å². The van der Waals surface area contributed by atoms with Gasteiger partial charge in [-0.2, -0.15) is 0 Å². The van der Waals surface area contributed by atoms with Gasteiger partial charge in [-0.1, -0.05) is 111 Å². The third-order valence-electron chi connectivity index (χ3n) is 7.57. The summed E-state index contributed by atoms with van der Waals surface area (Å²) in [4.78, 5) is 51.8. The molecule has 0 spiro atoms. The molecule has 8 nitrogen and oxygen atoms in total. The van der Waals surface area contributed by atoms with Crippen molar-refractivity contribution in [2.24, 2.45) is 23.7 Å². The summed E-state index contributed by atoms with van der Waals surface area (Å²) >= 11 is 37.2. The number of hydrogen-bond donors (Lipinski definition) is 0. The standard InChI is InChI=1S/C32H36Cl6O8/c1-15(2)17(5)9-7-11-43-29(39)23-25(37)19(33)13-21(35)27(23)45-31(41)32(42)46-28-22(36)14-20(34)26(38)24(28)30(40)44-12-8-10-18(6)16(3)4/h13-18H,7-12H2,1-6H3. The van der Waals surface area contributed by atoms with Gasteiger partial charge in [0.25, 0.3) is 0 Å². The molecule has 0 amide bonds. The fraction of sp³-hybridized carbons (Fsp3) is 0.500. The van der Waals surface area contributed by atoms with Crippen molar-refractivity contribution in [1.82, 2.24) is 0 Å². The average molecular weight is 761 g/mol. The van der Waals surface area contributed by atoms with Crippen LogP contribution in [-0.4, -0.2) is 37.1 Å². The predicted molar refractivity (Wildman–Crippen MR) is 181 cm³/mol. The number of rotatable bonds is 14. The van der Waals surface area contributed by atoms with Gasteiger partial charge in [-0.15, -0.1) is 0 Å². The third-order valence-corrected chi connectivity index (χ3v) is 9.70. The van der Waals surface area contributed by atoms with Crippen molar-refractivity contribution in [2.75, 3.05) is 13.2 Å². The largest absolute Gasteiger partial charge is 0.462 e. The highest BCUT2D eigenvalue weighted by Gasteiger charge is 2.32. The molecular weight excluding hydrogens is 725 g/mol. The number of halogens is 6. The Morgan fingerprint density at radius 1 is 0.565 bits per heavy atom. The summed E-state index contributed by atoms with van der Waals surface area (Å²) in [5.41, 5.74) is -0.943. The van der Waals surface area contributed by atoms with Crippen molar-refractivity contribution in [2.45, 2.75) is 67.2 Å². The molecular formula is C32H36Cl6O8. The van der Waals surface area contributed by atoms with Crippen LogP contribution >= 0.6 is 69.6 Å². The molecule has 2 rings (SSSR count). The van der Waals surface area contributed by atoms with Crippen LogP contribution in [0.4, 0.5) is 0 Å². The normalized spacial score (nSPS) is 12.6. The van der Waals surface area contributed by atoms with E-state index in [1.165, 1.54) is 0 Å². The maximum Gasteiger partial charge on any atom is 0.423 e. The number of carbonyl (C=O) groups excluding carboxylic acids is 4. The lowest BCUT2D eigenvalue weighted by Crippen LogP contribution is -2.27. The van der Waals surface area contributed by atoms with Gasteiger partial charge >= 0.3 is 23.9 Å². The smallest absolute Gasteiger partial charge is 0.423 e. The van der Waals surface area contributed by atoms with E-state index in [9.17, 15) is 19.2 Å². The van der Waals surface area contributed by atoms with Crippen molar-refractivity contribution in [3.05, 3.63) is 53.4 Å². The van der Waals surface area contributed by atoms with Crippen LogP contribution in [0.15, 0.2) is 12.1 Å². The molecule has 254 valence electrons. The predicted octanol–water partition coefficient (Wildman–Crippen LogP) is 10.6. The molecule has 0 saturated carbocycles. The first kappa shape index (κ1) is 40.2. The minimum Gasteiger partial charge on any atom is -0.462 e. The number of benzene rings is 2. The zero-order valence-corrected chi connectivity index (χ0v) is 30.8. The van der Waals surface area contributed by atoms with E-state index >= 15 is 0 Å². The second kappa shape index (κ2) is 18.6. The summed E-state index contributed by atoms with van der Waals surface area (Å²) in [6.45, 7) is 12.6. The molecule has 0 aliphatic rings. The quantitative estimate of drug-likeness (QED) is 0.0616. The first-order valence-corrected chi connectivity index (χ1v) is 16.9. The van der Waals surface area contributed by atoms with E-state index in [2.05, 4.69) is 41.5 Å². The van der Waals surface area contributed by atoms with Crippen LogP contribution in [0.5, 0.6) is 11.5 Å². The number of ether oxygens (including phenoxy) is 4. The lowest BCUT2D eigenvalue weighted by Gasteiger charge is -2.17. The van der Waals surface area contributed by atoms with E-state index in [1.54, 1.807) is 0 Å². The molecule has 2 atom stereocenters. The van der Waals surface area contributed by atoms with Crippen LogP contribution < -0.4 is 9.47 Å². The molecule has 0 N–H and O–H groups in total.